The van der Waals surface area contributed by atoms with Crippen LogP contribution in [-0.2, 0) is 14.9 Å². The van der Waals surface area contributed by atoms with Gasteiger partial charge in [-0.25, -0.2) is 4.99 Å². The quantitative estimate of drug-likeness (QED) is 0.429. The maximum Gasteiger partial charge on any atom is 0.339 e. The third-order valence-corrected chi connectivity index (χ3v) is 6.52. The highest BCUT2D eigenvalue weighted by Crippen LogP contribution is 2.29. The monoisotopic (exact) mass is 466 g/mol. The molecule has 0 unspecified atom stereocenters. The summed E-state index contributed by atoms with van der Waals surface area (Å²) in [7, 11) is -2.36. The van der Waals surface area contributed by atoms with Crippen molar-refractivity contribution < 1.29 is 22.1 Å². The van der Waals surface area contributed by atoms with Crippen molar-refractivity contribution >= 4 is 44.7 Å². The van der Waals surface area contributed by atoms with Crippen molar-refractivity contribution in [3.63, 3.8) is 0 Å². The molecule has 3 aromatic rings. The van der Waals surface area contributed by atoms with Gasteiger partial charge in [0.1, 0.15) is 16.4 Å². The van der Waals surface area contributed by atoms with Crippen LogP contribution < -0.4 is 14.2 Å². The van der Waals surface area contributed by atoms with Gasteiger partial charge in [0.05, 0.1) is 17.7 Å². The van der Waals surface area contributed by atoms with Gasteiger partial charge in [0.15, 0.2) is 5.17 Å². The van der Waals surface area contributed by atoms with Gasteiger partial charge in [-0.05, 0) is 71.9 Å². The van der Waals surface area contributed by atoms with Crippen LogP contribution in [0.5, 0.6) is 11.5 Å². The number of amidine groups is 1. The number of nitrogens with zero attached hydrogens (tertiary/aromatic N) is 1. The van der Waals surface area contributed by atoms with E-state index in [4.69, 9.17) is 8.92 Å². The summed E-state index contributed by atoms with van der Waals surface area (Å²) in [6.45, 7) is 0. The summed E-state index contributed by atoms with van der Waals surface area (Å²) >= 11 is 1.19. The van der Waals surface area contributed by atoms with E-state index in [2.05, 4.69) is 10.3 Å². The zero-order valence-corrected chi connectivity index (χ0v) is 18.5. The molecule has 0 bridgehead atoms. The smallest absolute Gasteiger partial charge is 0.339 e. The molecule has 1 N–H and O–H groups in total. The first-order valence-corrected chi connectivity index (χ1v) is 11.7. The fraction of sp³-hybridized carbons (Fsp3) is 0.0435. The summed E-state index contributed by atoms with van der Waals surface area (Å²) in [5.41, 5.74) is 1.30. The zero-order chi connectivity index (χ0) is 22.6. The van der Waals surface area contributed by atoms with E-state index < -0.39 is 10.1 Å². The van der Waals surface area contributed by atoms with Crippen molar-refractivity contribution in [2.45, 2.75) is 4.90 Å². The van der Waals surface area contributed by atoms with Gasteiger partial charge >= 0.3 is 10.1 Å². The Labute approximate surface area is 189 Å². The number of hydrogen-bond acceptors (Lipinski definition) is 7. The lowest BCUT2D eigenvalue weighted by Crippen LogP contribution is -2.19. The van der Waals surface area contributed by atoms with Crippen molar-refractivity contribution in [3.05, 3.63) is 89.3 Å². The van der Waals surface area contributed by atoms with Crippen LogP contribution in [0.2, 0.25) is 0 Å². The van der Waals surface area contributed by atoms with Crippen molar-refractivity contribution in [2.24, 2.45) is 4.99 Å². The number of carbonyl (C=O) groups excluding carboxylic acids is 1. The Bertz CT molecular complexity index is 1300. The Kier molecular flexibility index (Phi) is 6.29. The SMILES string of the molecule is COc1ccc(N=C2NC(=O)/C(=C/c3cccc(OS(=O)(=O)c4ccccc4)c3)S2)cc1. The number of hydrogen-bond donors (Lipinski definition) is 1. The molecule has 0 aliphatic carbocycles. The number of benzene rings is 3. The van der Waals surface area contributed by atoms with Crippen LogP contribution in [0.1, 0.15) is 5.56 Å². The predicted molar refractivity (Wildman–Crippen MR) is 124 cm³/mol. The molecule has 0 spiro atoms. The van der Waals surface area contributed by atoms with Gasteiger partial charge in [0.25, 0.3) is 5.91 Å². The number of aliphatic imine (C=N–C) groups is 1. The minimum Gasteiger partial charge on any atom is -0.497 e. The van der Waals surface area contributed by atoms with E-state index in [1.165, 1.54) is 23.9 Å². The number of ether oxygens (including phenoxy) is 1. The fourth-order valence-corrected chi connectivity index (χ4v) is 4.61. The van der Waals surface area contributed by atoms with Gasteiger partial charge in [0, 0.05) is 0 Å². The van der Waals surface area contributed by atoms with Gasteiger partial charge in [-0.15, -0.1) is 0 Å². The van der Waals surface area contributed by atoms with Crippen LogP contribution in [0.4, 0.5) is 5.69 Å². The van der Waals surface area contributed by atoms with Gasteiger partial charge in [0.2, 0.25) is 0 Å². The number of thioether (sulfide) groups is 1. The van der Waals surface area contributed by atoms with Gasteiger partial charge in [-0.3, -0.25) is 4.79 Å². The topological polar surface area (TPSA) is 94.1 Å². The maximum atomic E-state index is 12.4. The minimum atomic E-state index is -3.95. The molecular formula is C23H18N2O5S2. The third kappa shape index (κ3) is 5.19. The van der Waals surface area contributed by atoms with Crippen LogP contribution in [-0.4, -0.2) is 26.6 Å². The highest BCUT2D eigenvalue weighted by molar-refractivity contribution is 8.18. The largest absolute Gasteiger partial charge is 0.497 e. The Balaban J connectivity index is 1.51. The Hall–Kier alpha value is -3.56. The van der Waals surface area contributed by atoms with Crippen LogP contribution in [0.25, 0.3) is 6.08 Å². The van der Waals surface area contributed by atoms with Crippen molar-refractivity contribution in [3.8, 4) is 11.5 Å². The number of nitrogens with one attached hydrogen (secondary N) is 1. The second kappa shape index (κ2) is 9.29. The zero-order valence-electron chi connectivity index (χ0n) is 16.9. The van der Waals surface area contributed by atoms with E-state index in [9.17, 15) is 13.2 Å². The lowest BCUT2D eigenvalue weighted by molar-refractivity contribution is -0.115. The molecule has 0 radical (unpaired) electrons. The number of carbonyl (C=O) groups is 1. The van der Waals surface area contributed by atoms with E-state index in [1.54, 1.807) is 79.9 Å². The summed E-state index contributed by atoms with van der Waals surface area (Å²) in [5, 5.41) is 3.17. The molecule has 9 heteroatoms. The number of amides is 1. The lowest BCUT2D eigenvalue weighted by atomic mass is 10.2. The normalized spacial score (nSPS) is 16.2. The average Bonchev–Trinajstić information content (AvgIpc) is 3.13. The van der Waals surface area contributed by atoms with Crippen LogP contribution in [0.15, 0.2) is 93.7 Å². The van der Waals surface area contributed by atoms with E-state index in [0.717, 1.165) is 0 Å². The first-order valence-electron chi connectivity index (χ1n) is 9.46. The van der Waals surface area contributed by atoms with Gasteiger partial charge in [-0.2, -0.15) is 8.42 Å². The van der Waals surface area contributed by atoms with Crippen LogP contribution in [0.3, 0.4) is 0 Å². The molecule has 1 fully saturated rings. The minimum absolute atomic E-state index is 0.0638. The highest BCUT2D eigenvalue weighted by Gasteiger charge is 2.24. The van der Waals surface area contributed by atoms with E-state index in [0.29, 0.717) is 27.1 Å². The molecule has 1 aliphatic rings. The standard InChI is InChI=1S/C23H18N2O5S2/c1-29-18-12-10-17(11-13-18)24-23-25-22(26)21(31-23)15-16-6-5-7-19(14-16)30-32(27,28)20-8-3-2-4-9-20/h2-15H,1H3,(H,24,25,26)/b21-15-. The Morgan fingerprint density at radius 2 is 1.69 bits per heavy atom. The van der Waals surface area contributed by atoms with Crippen molar-refractivity contribution in [1.29, 1.82) is 0 Å². The van der Waals surface area contributed by atoms with E-state index >= 15 is 0 Å². The molecule has 7 nitrogen and oxygen atoms in total. The summed E-state index contributed by atoms with van der Waals surface area (Å²) in [6.07, 6.45) is 1.65. The molecule has 1 saturated heterocycles. The van der Waals surface area contributed by atoms with Gasteiger partial charge in [-0.1, -0.05) is 30.3 Å². The van der Waals surface area contributed by atoms with Crippen molar-refractivity contribution in [2.75, 3.05) is 7.11 Å². The second-order valence-electron chi connectivity index (χ2n) is 6.60. The maximum absolute atomic E-state index is 12.4. The molecular weight excluding hydrogens is 448 g/mol. The first-order chi connectivity index (χ1) is 15.4. The third-order valence-electron chi connectivity index (χ3n) is 4.35. The molecule has 0 saturated carbocycles. The molecule has 32 heavy (non-hydrogen) atoms. The highest BCUT2D eigenvalue weighted by atomic mass is 32.2. The molecule has 162 valence electrons. The predicted octanol–water partition coefficient (Wildman–Crippen LogP) is 4.35. The Morgan fingerprint density at radius 1 is 0.938 bits per heavy atom. The summed E-state index contributed by atoms with van der Waals surface area (Å²) in [6, 6.07) is 21.5. The molecule has 0 aromatic heterocycles. The number of methoxy groups -OCH3 is 1. The molecule has 1 amide bonds. The van der Waals surface area contributed by atoms with Crippen LogP contribution >= 0.6 is 11.8 Å². The van der Waals surface area contributed by atoms with E-state index in [1.807, 2.05) is 0 Å². The fourth-order valence-electron chi connectivity index (χ4n) is 2.82. The van der Waals surface area contributed by atoms with Gasteiger partial charge < -0.3 is 14.2 Å². The number of rotatable bonds is 6. The molecule has 3 aromatic carbocycles. The summed E-state index contributed by atoms with van der Waals surface area (Å²) in [4.78, 5) is 17.3. The van der Waals surface area contributed by atoms with E-state index in [-0.39, 0.29) is 16.6 Å². The van der Waals surface area contributed by atoms with Crippen molar-refractivity contribution in [1.82, 2.24) is 5.32 Å². The summed E-state index contributed by atoms with van der Waals surface area (Å²) < 4.78 is 35.2. The first kappa shape index (κ1) is 21.7. The molecule has 4 rings (SSSR count). The molecule has 1 aliphatic heterocycles. The van der Waals surface area contributed by atoms with Crippen LogP contribution in [0, 0.1) is 0 Å². The average molecular weight is 467 g/mol. The summed E-state index contributed by atoms with van der Waals surface area (Å²) in [5.74, 6) is 0.582. The lowest BCUT2D eigenvalue weighted by Gasteiger charge is -2.07. The molecule has 0 atom stereocenters. The Morgan fingerprint density at radius 3 is 2.41 bits per heavy atom. The molecule has 1 heterocycles. The second-order valence-corrected chi connectivity index (χ2v) is 9.18.